The van der Waals surface area contributed by atoms with Crippen molar-refractivity contribution in [1.82, 2.24) is 9.97 Å². The molecule has 0 radical (unpaired) electrons. The van der Waals surface area contributed by atoms with Gasteiger partial charge in [0.15, 0.2) is 5.82 Å². The van der Waals surface area contributed by atoms with Gasteiger partial charge in [0.05, 0.1) is 21.0 Å². The lowest BCUT2D eigenvalue weighted by molar-refractivity contribution is 1.13. The second-order valence-electron chi connectivity index (χ2n) is 5.19. The van der Waals surface area contributed by atoms with Crippen molar-refractivity contribution in [1.29, 1.82) is 5.26 Å². The summed E-state index contributed by atoms with van der Waals surface area (Å²) in [4.78, 5) is 21.1. The number of halogens is 2. The van der Waals surface area contributed by atoms with Gasteiger partial charge in [-0.25, -0.2) is 4.98 Å². The molecule has 2 heterocycles. The van der Waals surface area contributed by atoms with Crippen LogP contribution in [-0.4, -0.2) is 9.97 Å². The number of aromatic nitrogens is 2. The maximum atomic E-state index is 12.4. The summed E-state index contributed by atoms with van der Waals surface area (Å²) in [5.41, 5.74) is 1.45. The number of nitrogens with zero attached hydrogens (tertiary/aromatic N) is 2. The summed E-state index contributed by atoms with van der Waals surface area (Å²) in [5, 5.41) is 10.8. The standard InChI is InChI=1S/C17H11Cl2N3OS/c1-8-9(2)24-17-13(8)16(23)21-15(22-17)11(7-20)6-10-4-3-5-12(18)14(10)19/h3-6H,1-2H3,(H,21,22,23)/b11-6+. The number of H-pyrrole nitrogens is 1. The van der Waals surface area contributed by atoms with Gasteiger partial charge in [-0.15, -0.1) is 11.3 Å². The lowest BCUT2D eigenvalue weighted by Crippen LogP contribution is -2.10. The number of nitriles is 1. The minimum atomic E-state index is -0.254. The topological polar surface area (TPSA) is 69.5 Å². The average molecular weight is 376 g/mol. The van der Waals surface area contributed by atoms with Crippen LogP contribution >= 0.6 is 34.5 Å². The normalized spacial score (nSPS) is 11.7. The fourth-order valence-electron chi connectivity index (χ4n) is 2.32. The quantitative estimate of drug-likeness (QED) is 0.642. The largest absolute Gasteiger partial charge is 0.305 e. The Balaban J connectivity index is 2.21. The van der Waals surface area contributed by atoms with Crippen LogP contribution in [0.4, 0.5) is 0 Å². The minimum absolute atomic E-state index is 0.210. The molecule has 0 bridgehead atoms. The van der Waals surface area contributed by atoms with Crippen molar-refractivity contribution in [2.45, 2.75) is 13.8 Å². The molecular weight excluding hydrogens is 365 g/mol. The molecule has 24 heavy (non-hydrogen) atoms. The molecule has 1 N–H and O–H groups in total. The number of hydrogen-bond acceptors (Lipinski definition) is 4. The minimum Gasteiger partial charge on any atom is -0.305 e. The van der Waals surface area contributed by atoms with Gasteiger partial charge < -0.3 is 4.98 Å². The van der Waals surface area contributed by atoms with Gasteiger partial charge in [-0.1, -0.05) is 35.3 Å². The molecule has 3 aromatic rings. The highest BCUT2D eigenvalue weighted by Crippen LogP contribution is 2.29. The lowest BCUT2D eigenvalue weighted by atomic mass is 10.1. The number of fused-ring (bicyclic) bond motifs is 1. The first kappa shape index (κ1) is 16.7. The fraction of sp³-hybridized carbons (Fsp3) is 0.118. The molecule has 3 rings (SSSR count). The number of hydrogen-bond donors (Lipinski definition) is 1. The van der Waals surface area contributed by atoms with E-state index < -0.39 is 0 Å². The number of thiophene rings is 1. The molecule has 0 amide bonds. The van der Waals surface area contributed by atoms with Crippen LogP contribution in [0.5, 0.6) is 0 Å². The predicted octanol–water partition coefficient (Wildman–Crippen LogP) is 4.97. The predicted molar refractivity (Wildman–Crippen MR) is 99.7 cm³/mol. The van der Waals surface area contributed by atoms with Crippen LogP contribution in [0.15, 0.2) is 23.0 Å². The zero-order chi connectivity index (χ0) is 17.4. The fourth-order valence-corrected chi connectivity index (χ4v) is 3.72. The number of rotatable bonds is 2. The van der Waals surface area contributed by atoms with Crippen molar-refractivity contribution in [3.8, 4) is 6.07 Å². The molecule has 0 saturated heterocycles. The lowest BCUT2D eigenvalue weighted by Gasteiger charge is -2.03. The van der Waals surface area contributed by atoms with Crippen molar-refractivity contribution in [3.05, 3.63) is 60.4 Å². The molecule has 0 spiro atoms. The van der Waals surface area contributed by atoms with Crippen molar-refractivity contribution >= 4 is 56.4 Å². The van der Waals surface area contributed by atoms with Crippen LogP contribution in [0.3, 0.4) is 0 Å². The van der Waals surface area contributed by atoms with E-state index in [1.807, 2.05) is 13.8 Å². The van der Waals surface area contributed by atoms with E-state index in [0.717, 1.165) is 10.4 Å². The van der Waals surface area contributed by atoms with Crippen LogP contribution in [0, 0.1) is 25.2 Å². The van der Waals surface area contributed by atoms with E-state index in [2.05, 4.69) is 16.0 Å². The first-order valence-corrected chi connectivity index (χ1v) is 8.55. The van der Waals surface area contributed by atoms with Crippen molar-refractivity contribution in [2.24, 2.45) is 0 Å². The summed E-state index contributed by atoms with van der Waals surface area (Å²) < 4.78 is 0. The Morgan fingerprint density at radius 2 is 2.12 bits per heavy atom. The molecule has 0 atom stereocenters. The second kappa shape index (κ2) is 6.40. The summed E-state index contributed by atoms with van der Waals surface area (Å²) in [6.07, 6.45) is 1.56. The molecule has 0 aliphatic carbocycles. The smallest absolute Gasteiger partial charge is 0.260 e. The van der Waals surface area contributed by atoms with Crippen LogP contribution in [-0.2, 0) is 0 Å². The van der Waals surface area contributed by atoms with Crippen LogP contribution in [0.25, 0.3) is 21.9 Å². The number of aromatic amines is 1. The highest BCUT2D eigenvalue weighted by atomic mass is 35.5. The average Bonchev–Trinajstić information content (AvgIpc) is 2.83. The monoisotopic (exact) mass is 375 g/mol. The van der Waals surface area contributed by atoms with Crippen LogP contribution in [0.2, 0.25) is 10.0 Å². The summed E-state index contributed by atoms with van der Waals surface area (Å²) in [7, 11) is 0. The van der Waals surface area contributed by atoms with Gasteiger partial charge in [0.2, 0.25) is 0 Å². The Morgan fingerprint density at radius 3 is 2.83 bits per heavy atom. The molecule has 4 nitrogen and oxygen atoms in total. The van der Waals surface area contributed by atoms with Gasteiger partial charge in [0, 0.05) is 4.88 Å². The molecule has 0 unspecified atom stereocenters. The maximum Gasteiger partial charge on any atom is 0.260 e. The first-order valence-electron chi connectivity index (χ1n) is 6.98. The van der Waals surface area contributed by atoms with Crippen LogP contribution < -0.4 is 5.56 Å². The number of aryl methyl sites for hydroxylation is 2. The molecule has 7 heteroatoms. The molecule has 0 aliphatic heterocycles. The van der Waals surface area contributed by atoms with Crippen LogP contribution in [0.1, 0.15) is 21.8 Å². The van der Waals surface area contributed by atoms with E-state index in [0.29, 0.717) is 25.8 Å². The third kappa shape index (κ3) is 2.84. The Kier molecular flexibility index (Phi) is 4.46. The van der Waals surface area contributed by atoms with E-state index in [4.69, 9.17) is 23.2 Å². The van der Waals surface area contributed by atoms with Crippen molar-refractivity contribution in [2.75, 3.05) is 0 Å². The van der Waals surface area contributed by atoms with E-state index in [9.17, 15) is 10.1 Å². The number of nitrogens with one attached hydrogen (secondary N) is 1. The Morgan fingerprint density at radius 1 is 1.38 bits per heavy atom. The molecule has 2 aromatic heterocycles. The first-order chi connectivity index (χ1) is 11.4. The Labute approximate surface area is 152 Å². The highest BCUT2D eigenvalue weighted by molar-refractivity contribution is 7.18. The van der Waals surface area contributed by atoms with Gasteiger partial charge in [-0.3, -0.25) is 4.79 Å². The molecule has 0 saturated carbocycles. The third-order valence-corrected chi connectivity index (χ3v) is 5.63. The van der Waals surface area contributed by atoms with Crippen molar-refractivity contribution < 1.29 is 0 Å². The Hall–Kier alpha value is -2.13. The third-order valence-electron chi connectivity index (χ3n) is 3.70. The maximum absolute atomic E-state index is 12.4. The van der Waals surface area contributed by atoms with Crippen molar-refractivity contribution in [3.63, 3.8) is 0 Å². The second-order valence-corrected chi connectivity index (χ2v) is 7.18. The summed E-state index contributed by atoms with van der Waals surface area (Å²) >= 11 is 13.6. The molecule has 0 aliphatic rings. The molecule has 0 fully saturated rings. The molecule has 1 aromatic carbocycles. The van der Waals surface area contributed by atoms with E-state index in [-0.39, 0.29) is 17.0 Å². The zero-order valence-corrected chi connectivity index (χ0v) is 15.1. The van der Waals surface area contributed by atoms with Gasteiger partial charge >= 0.3 is 0 Å². The summed E-state index contributed by atoms with van der Waals surface area (Å²) in [6, 6.07) is 7.20. The molecule has 120 valence electrons. The molecular formula is C17H11Cl2N3OS. The number of benzene rings is 1. The number of allylic oxidation sites excluding steroid dienone is 1. The van der Waals surface area contributed by atoms with Gasteiger partial charge in [-0.2, -0.15) is 5.26 Å². The SMILES string of the molecule is Cc1sc2nc(/C(C#N)=C/c3cccc(Cl)c3Cl)[nH]c(=O)c2c1C. The van der Waals surface area contributed by atoms with E-state index >= 15 is 0 Å². The highest BCUT2D eigenvalue weighted by Gasteiger charge is 2.14. The van der Waals surface area contributed by atoms with Gasteiger partial charge in [0.25, 0.3) is 5.56 Å². The zero-order valence-electron chi connectivity index (χ0n) is 12.8. The van der Waals surface area contributed by atoms with Gasteiger partial charge in [-0.05, 0) is 37.1 Å². The summed E-state index contributed by atoms with van der Waals surface area (Å²) in [6.45, 7) is 3.82. The van der Waals surface area contributed by atoms with E-state index in [1.165, 1.54) is 11.3 Å². The summed E-state index contributed by atoms with van der Waals surface area (Å²) in [5.74, 6) is 0.215. The van der Waals surface area contributed by atoms with Gasteiger partial charge in [0.1, 0.15) is 10.9 Å². The van der Waals surface area contributed by atoms with E-state index in [1.54, 1.807) is 24.3 Å². The Bertz CT molecular complexity index is 1090.